The fourth-order valence-corrected chi connectivity index (χ4v) is 3.04. The Balaban J connectivity index is 2.42. The second kappa shape index (κ2) is 10.7. The number of hydrogen-bond acceptors (Lipinski definition) is 8. The number of aromatic nitrogens is 1. The molecule has 0 aliphatic rings. The van der Waals surface area contributed by atoms with E-state index >= 15 is 0 Å². The highest BCUT2D eigenvalue weighted by atomic mass is 35.5. The minimum Gasteiger partial charge on any atom is -0.449 e. The number of carbonyl (C=O) groups is 2. The van der Waals surface area contributed by atoms with Gasteiger partial charge in [0.1, 0.15) is 11.6 Å². The lowest BCUT2D eigenvalue weighted by molar-refractivity contribution is -0.121. The van der Waals surface area contributed by atoms with Crippen molar-refractivity contribution in [3.63, 3.8) is 0 Å². The van der Waals surface area contributed by atoms with Crippen molar-refractivity contribution in [2.24, 2.45) is 5.92 Å². The first-order valence-corrected chi connectivity index (χ1v) is 11.1. The summed E-state index contributed by atoms with van der Waals surface area (Å²) in [6, 6.07) is 1.67. The number of anilines is 1. The normalized spacial score (nSPS) is 11.4. The number of rotatable bonds is 10. The van der Waals surface area contributed by atoms with Crippen LogP contribution in [0.25, 0.3) is 0 Å². The van der Waals surface area contributed by atoms with Gasteiger partial charge >= 0.3 is 10.2 Å². The number of nitrogens with one attached hydrogen (secondary N) is 2. The second-order valence-electron chi connectivity index (χ2n) is 7.19. The van der Waals surface area contributed by atoms with E-state index in [4.69, 9.17) is 16.3 Å². The smallest absolute Gasteiger partial charge is 0.303 e. The monoisotopic (exact) mass is 506 g/mol. The van der Waals surface area contributed by atoms with Crippen LogP contribution in [-0.2, 0) is 15.0 Å². The van der Waals surface area contributed by atoms with Crippen molar-refractivity contribution in [3.05, 3.63) is 40.6 Å². The number of benzene rings is 1. The molecular weight excluding hydrogens is 486 g/mol. The molecule has 0 fully saturated rings. The van der Waals surface area contributed by atoms with Gasteiger partial charge in [0.25, 0.3) is 12.4 Å². The highest BCUT2D eigenvalue weighted by Crippen LogP contribution is 2.39. The topological polar surface area (TPSA) is 127 Å². The predicted molar refractivity (Wildman–Crippen MR) is 116 cm³/mol. The molecule has 0 aliphatic carbocycles. The molecule has 0 saturated heterocycles. The number of ether oxygens (including phenoxy) is 2. The summed E-state index contributed by atoms with van der Waals surface area (Å²) in [5, 5.41) is 3.12. The second-order valence-corrected chi connectivity index (χ2v) is 9.48. The summed E-state index contributed by atoms with van der Waals surface area (Å²) in [7, 11) is -2.07. The van der Waals surface area contributed by atoms with Gasteiger partial charge in [-0.05, 0) is 12.0 Å². The molecular formula is C19H21ClF2N4O6S. The van der Waals surface area contributed by atoms with E-state index < -0.39 is 44.8 Å². The fraction of sp³-hybridized carbons (Fsp3) is 0.316. The molecule has 1 aromatic heterocycles. The summed E-state index contributed by atoms with van der Waals surface area (Å²) in [5.41, 5.74) is -1.04. The summed E-state index contributed by atoms with van der Waals surface area (Å²) in [4.78, 5) is 27.1. The number of amides is 1. The Morgan fingerprint density at radius 2 is 1.94 bits per heavy atom. The molecule has 0 bridgehead atoms. The van der Waals surface area contributed by atoms with E-state index in [-0.39, 0.29) is 17.2 Å². The Morgan fingerprint density at radius 3 is 2.48 bits per heavy atom. The number of halogens is 3. The minimum absolute atomic E-state index is 0.122. The van der Waals surface area contributed by atoms with Crippen LogP contribution in [0.15, 0.2) is 18.3 Å². The molecule has 1 heterocycles. The molecule has 0 unspecified atom stereocenters. The third-order valence-corrected chi connectivity index (χ3v) is 5.65. The zero-order chi connectivity index (χ0) is 24.9. The maximum atomic E-state index is 14.9. The minimum atomic E-state index is -4.30. The summed E-state index contributed by atoms with van der Waals surface area (Å²) in [6.45, 7) is 4.32. The van der Waals surface area contributed by atoms with E-state index in [1.54, 1.807) is 4.72 Å². The average molecular weight is 507 g/mol. The molecule has 1 aromatic carbocycles. The molecule has 2 aromatic rings. The van der Waals surface area contributed by atoms with Gasteiger partial charge in [0, 0.05) is 26.7 Å². The number of carbonyl (C=O) groups excluding carboxylic acids is 2. The van der Waals surface area contributed by atoms with Crippen molar-refractivity contribution in [1.29, 1.82) is 0 Å². The van der Waals surface area contributed by atoms with Gasteiger partial charge in [-0.15, -0.1) is 0 Å². The number of pyridine rings is 1. The summed E-state index contributed by atoms with van der Waals surface area (Å²) in [6.07, 6.45) is 1.17. The van der Waals surface area contributed by atoms with Crippen LogP contribution in [0.4, 0.5) is 14.6 Å². The van der Waals surface area contributed by atoms with E-state index in [1.807, 2.05) is 13.8 Å². The standard InChI is InChI=1S/C19H21ClF2N4O6S/c1-10(2)7-23-18-13(20)5-11(8-24-18)32-16-14(21)6-12(15(22)17(16)31-9-27)19(28)25-33(29,30)26(3)4/h5-6,8-10H,7H2,1-4H3,(H,23,24)(H,25,28). The third-order valence-electron chi connectivity index (χ3n) is 3.96. The molecule has 0 aliphatic heterocycles. The molecule has 2 N–H and O–H groups in total. The van der Waals surface area contributed by atoms with E-state index in [0.29, 0.717) is 28.7 Å². The van der Waals surface area contributed by atoms with E-state index in [2.05, 4.69) is 15.0 Å². The van der Waals surface area contributed by atoms with Gasteiger partial charge in [-0.3, -0.25) is 9.59 Å². The van der Waals surface area contributed by atoms with E-state index in [0.717, 1.165) is 14.1 Å². The van der Waals surface area contributed by atoms with Crippen LogP contribution in [0.2, 0.25) is 5.02 Å². The lowest BCUT2D eigenvalue weighted by atomic mass is 10.1. The van der Waals surface area contributed by atoms with Crippen LogP contribution < -0.4 is 19.5 Å². The van der Waals surface area contributed by atoms with Crippen molar-refractivity contribution in [2.45, 2.75) is 13.8 Å². The van der Waals surface area contributed by atoms with Crippen LogP contribution >= 0.6 is 11.6 Å². The molecule has 0 atom stereocenters. The van der Waals surface area contributed by atoms with Crippen LogP contribution in [0.1, 0.15) is 24.2 Å². The molecule has 0 radical (unpaired) electrons. The molecule has 14 heteroatoms. The van der Waals surface area contributed by atoms with Gasteiger partial charge in [0.2, 0.25) is 11.5 Å². The zero-order valence-corrected chi connectivity index (χ0v) is 19.6. The first kappa shape index (κ1) is 26.2. The summed E-state index contributed by atoms with van der Waals surface area (Å²) in [5.74, 6) is -5.78. The largest absolute Gasteiger partial charge is 0.449 e. The summed E-state index contributed by atoms with van der Waals surface area (Å²) >= 11 is 6.13. The van der Waals surface area contributed by atoms with Gasteiger partial charge in [-0.25, -0.2) is 18.5 Å². The maximum Gasteiger partial charge on any atom is 0.303 e. The highest BCUT2D eigenvalue weighted by molar-refractivity contribution is 7.87. The highest BCUT2D eigenvalue weighted by Gasteiger charge is 2.28. The summed E-state index contributed by atoms with van der Waals surface area (Å²) < 4.78 is 65.2. The maximum absolute atomic E-state index is 14.9. The molecule has 1 amide bonds. The molecule has 2 rings (SSSR count). The van der Waals surface area contributed by atoms with Crippen molar-refractivity contribution in [3.8, 4) is 17.2 Å². The number of nitrogens with zero attached hydrogens (tertiary/aromatic N) is 2. The lowest BCUT2D eigenvalue weighted by Crippen LogP contribution is -2.39. The Morgan fingerprint density at radius 1 is 1.27 bits per heavy atom. The lowest BCUT2D eigenvalue weighted by Gasteiger charge is -2.16. The van der Waals surface area contributed by atoms with Crippen molar-refractivity contribution < 1.29 is 36.3 Å². The predicted octanol–water partition coefficient (Wildman–Crippen LogP) is 2.94. The van der Waals surface area contributed by atoms with Gasteiger partial charge in [-0.1, -0.05) is 25.4 Å². The molecule has 10 nitrogen and oxygen atoms in total. The van der Waals surface area contributed by atoms with Crippen LogP contribution in [0.3, 0.4) is 0 Å². The first-order chi connectivity index (χ1) is 15.4. The van der Waals surface area contributed by atoms with Crippen molar-refractivity contribution in [1.82, 2.24) is 14.0 Å². The van der Waals surface area contributed by atoms with Gasteiger partial charge < -0.3 is 14.8 Å². The Hall–Kier alpha value is -3.03. The SMILES string of the molecule is CC(C)CNc1ncc(Oc2c(F)cc(C(=O)NS(=O)(=O)N(C)C)c(F)c2OC=O)cc1Cl. The van der Waals surface area contributed by atoms with E-state index in [1.165, 1.54) is 12.3 Å². The number of hydrogen-bond donors (Lipinski definition) is 2. The zero-order valence-electron chi connectivity index (χ0n) is 18.0. The molecule has 180 valence electrons. The first-order valence-electron chi connectivity index (χ1n) is 9.31. The van der Waals surface area contributed by atoms with Gasteiger partial charge in [-0.2, -0.15) is 12.7 Å². The van der Waals surface area contributed by atoms with Gasteiger partial charge in [0.15, 0.2) is 11.6 Å². The van der Waals surface area contributed by atoms with Crippen molar-refractivity contribution >= 4 is 40.0 Å². The molecule has 33 heavy (non-hydrogen) atoms. The van der Waals surface area contributed by atoms with Crippen molar-refractivity contribution in [2.75, 3.05) is 26.0 Å². The van der Waals surface area contributed by atoms with Gasteiger partial charge in [0.05, 0.1) is 16.8 Å². The molecule has 0 saturated carbocycles. The van der Waals surface area contributed by atoms with Crippen LogP contribution in [-0.4, -0.2) is 50.7 Å². The molecule has 0 spiro atoms. The van der Waals surface area contributed by atoms with Crippen LogP contribution in [0, 0.1) is 17.6 Å². The quantitative estimate of drug-likeness (QED) is 0.471. The van der Waals surface area contributed by atoms with E-state index in [9.17, 15) is 26.8 Å². The fourth-order valence-electron chi connectivity index (χ4n) is 2.29. The Labute approximate surface area is 194 Å². The third kappa shape index (κ3) is 6.49. The Kier molecular flexibility index (Phi) is 8.52. The van der Waals surface area contributed by atoms with Crippen LogP contribution in [0.5, 0.6) is 17.2 Å². The Bertz CT molecular complexity index is 1160. The average Bonchev–Trinajstić information content (AvgIpc) is 2.71.